The lowest BCUT2D eigenvalue weighted by atomic mass is 10.0. The number of oxime groups is 1. The van der Waals surface area contributed by atoms with Gasteiger partial charge in [-0.3, -0.25) is 4.79 Å². The number of nitrogens with zero attached hydrogens (tertiary/aromatic N) is 1. The van der Waals surface area contributed by atoms with Crippen molar-refractivity contribution in [3.8, 4) is 5.75 Å². The molecule has 1 aliphatic heterocycles. The standard InChI is InChI=1S/C18H18N2O3/c21-16-9-5-4-8-14(16)15-12-17(23-20-15)18(22)19-11-10-13-6-2-1-3-7-13/h1-9,17,21H,10-12H2,(H,19,22)/t17-/m0/s1. The predicted molar refractivity (Wildman–Crippen MR) is 87.3 cm³/mol. The van der Waals surface area contributed by atoms with Crippen LogP contribution >= 0.6 is 0 Å². The predicted octanol–water partition coefficient (Wildman–Crippen LogP) is 2.24. The Kier molecular flexibility index (Phi) is 4.57. The molecule has 1 atom stereocenters. The van der Waals surface area contributed by atoms with Gasteiger partial charge in [-0.2, -0.15) is 0 Å². The van der Waals surface area contributed by atoms with Crippen molar-refractivity contribution in [2.24, 2.45) is 5.16 Å². The average Bonchev–Trinajstić information content (AvgIpc) is 3.06. The van der Waals surface area contributed by atoms with Crippen LogP contribution in [0.4, 0.5) is 0 Å². The van der Waals surface area contributed by atoms with Crippen LogP contribution in [0.25, 0.3) is 0 Å². The molecule has 5 heteroatoms. The number of nitrogens with one attached hydrogen (secondary N) is 1. The fourth-order valence-electron chi connectivity index (χ4n) is 2.48. The van der Waals surface area contributed by atoms with Crippen LogP contribution in [-0.2, 0) is 16.1 Å². The molecule has 5 nitrogen and oxygen atoms in total. The number of benzene rings is 2. The van der Waals surface area contributed by atoms with Gasteiger partial charge in [0.15, 0.2) is 0 Å². The van der Waals surface area contributed by atoms with Crippen LogP contribution < -0.4 is 5.32 Å². The fourth-order valence-corrected chi connectivity index (χ4v) is 2.48. The monoisotopic (exact) mass is 310 g/mol. The minimum atomic E-state index is -0.639. The van der Waals surface area contributed by atoms with Gasteiger partial charge in [0.1, 0.15) is 5.75 Å². The summed E-state index contributed by atoms with van der Waals surface area (Å²) in [7, 11) is 0. The number of carbonyl (C=O) groups is 1. The minimum Gasteiger partial charge on any atom is -0.507 e. The van der Waals surface area contributed by atoms with Crippen LogP contribution in [-0.4, -0.2) is 29.4 Å². The molecule has 0 unspecified atom stereocenters. The van der Waals surface area contributed by atoms with E-state index in [0.717, 1.165) is 6.42 Å². The van der Waals surface area contributed by atoms with E-state index in [1.165, 1.54) is 5.56 Å². The Bertz CT molecular complexity index is 713. The normalized spacial score (nSPS) is 16.5. The zero-order valence-electron chi connectivity index (χ0n) is 12.6. The number of phenolic OH excluding ortho intramolecular Hbond substituents is 1. The van der Waals surface area contributed by atoms with E-state index in [1.807, 2.05) is 36.4 Å². The maximum atomic E-state index is 12.1. The summed E-state index contributed by atoms with van der Waals surface area (Å²) in [5, 5.41) is 16.6. The van der Waals surface area contributed by atoms with E-state index in [4.69, 9.17) is 4.84 Å². The minimum absolute atomic E-state index is 0.139. The second-order valence-corrected chi connectivity index (χ2v) is 5.38. The lowest BCUT2D eigenvalue weighted by Crippen LogP contribution is -2.36. The Morgan fingerprint density at radius 1 is 1.17 bits per heavy atom. The molecule has 1 amide bonds. The molecule has 23 heavy (non-hydrogen) atoms. The van der Waals surface area contributed by atoms with Gasteiger partial charge in [0.2, 0.25) is 6.10 Å². The van der Waals surface area contributed by atoms with Gasteiger partial charge in [-0.15, -0.1) is 0 Å². The number of para-hydroxylation sites is 1. The van der Waals surface area contributed by atoms with E-state index in [-0.39, 0.29) is 11.7 Å². The molecular weight excluding hydrogens is 292 g/mol. The first kappa shape index (κ1) is 15.1. The third kappa shape index (κ3) is 3.69. The van der Waals surface area contributed by atoms with Crippen LogP contribution in [0.5, 0.6) is 5.75 Å². The number of carbonyl (C=O) groups excluding carboxylic acids is 1. The molecule has 2 aromatic rings. The molecule has 1 aliphatic rings. The Morgan fingerprint density at radius 3 is 2.70 bits per heavy atom. The van der Waals surface area contributed by atoms with Crippen LogP contribution in [0.15, 0.2) is 59.8 Å². The van der Waals surface area contributed by atoms with Gasteiger partial charge in [0.05, 0.1) is 5.71 Å². The average molecular weight is 310 g/mol. The first-order valence-electron chi connectivity index (χ1n) is 7.57. The highest BCUT2D eigenvalue weighted by atomic mass is 16.6. The molecule has 3 rings (SSSR count). The van der Waals surface area contributed by atoms with Crippen molar-refractivity contribution < 1.29 is 14.7 Å². The highest BCUT2D eigenvalue weighted by Crippen LogP contribution is 2.23. The number of aromatic hydroxyl groups is 1. The van der Waals surface area contributed by atoms with Crippen molar-refractivity contribution in [3.63, 3.8) is 0 Å². The second-order valence-electron chi connectivity index (χ2n) is 5.38. The highest BCUT2D eigenvalue weighted by molar-refractivity contribution is 6.05. The molecule has 2 aromatic carbocycles. The summed E-state index contributed by atoms with van der Waals surface area (Å²) < 4.78 is 0. The Hall–Kier alpha value is -2.82. The lowest BCUT2D eigenvalue weighted by Gasteiger charge is -2.09. The molecule has 0 aliphatic carbocycles. The van der Waals surface area contributed by atoms with Gasteiger partial charge in [0, 0.05) is 18.5 Å². The van der Waals surface area contributed by atoms with Crippen molar-refractivity contribution in [2.75, 3.05) is 6.54 Å². The zero-order chi connectivity index (χ0) is 16.1. The molecule has 118 valence electrons. The number of hydrogen-bond acceptors (Lipinski definition) is 4. The van der Waals surface area contributed by atoms with E-state index < -0.39 is 6.10 Å². The van der Waals surface area contributed by atoms with Gasteiger partial charge >= 0.3 is 0 Å². The van der Waals surface area contributed by atoms with E-state index in [2.05, 4.69) is 10.5 Å². The number of hydrogen-bond donors (Lipinski definition) is 2. The topological polar surface area (TPSA) is 70.9 Å². The summed E-state index contributed by atoms with van der Waals surface area (Å²) in [6, 6.07) is 16.9. The Morgan fingerprint density at radius 2 is 1.91 bits per heavy atom. The summed E-state index contributed by atoms with van der Waals surface area (Å²) in [4.78, 5) is 17.3. The van der Waals surface area contributed by atoms with Crippen molar-refractivity contribution in [1.29, 1.82) is 0 Å². The summed E-state index contributed by atoms with van der Waals surface area (Å²) in [5.74, 6) is -0.0462. The molecule has 0 saturated carbocycles. The number of amides is 1. The largest absolute Gasteiger partial charge is 0.507 e. The second kappa shape index (κ2) is 6.96. The smallest absolute Gasteiger partial charge is 0.264 e. The number of phenols is 1. The van der Waals surface area contributed by atoms with Crippen LogP contribution in [0.2, 0.25) is 0 Å². The van der Waals surface area contributed by atoms with E-state index >= 15 is 0 Å². The molecule has 1 heterocycles. The first-order valence-corrected chi connectivity index (χ1v) is 7.57. The van der Waals surface area contributed by atoms with E-state index in [0.29, 0.717) is 24.2 Å². The Balaban J connectivity index is 1.50. The summed E-state index contributed by atoms with van der Waals surface area (Å²) in [5.41, 5.74) is 2.37. The molecular formula is C18H18N2O3. The quantitative estimate of drug-likeness (QED) is 0.890. The van der Waals surface area contributed by atoms with Gasteiger partial charge < -0.3 is 15.3 Å². The maximum Gasteiger partial charge on any atom is 0.264 e. The van der Waals surface area contributed by atoms with Crippen LogP contribution in [0.3, 0.4) is 0 Å². The van der Waals surface area contributed by atoms with Gasteiger partial charge in [-0.05, 0) is 24.1 Å². The van der Waals surface area contributed by atoms with Crippen molar-refractivity contribution in [2.45, 2.75) is 18.9 Å². The number of rotatable bonds is 5. The Labute approximate surface area is 134 Å². The third-order valence-corrected chi connectivity index (χ3v) is 3.73. The molecule has 0 radical (unpaired) electrons. The lowest BCUT2D eigenvalue weighted by molar-refractivity contribution is -0.131. The molecule has 2 N–H and O–H groups in total. The highest BCUT2D eigenvalue weighted by Gasteiger charge is 2.29. The van der Waals surface area contributed by atoms with E-state index in [9.17, 15) is 9.90 Å². The van der Waals surface area contributed by atoms with Gasteiger partial charge in [-0.1, -0.05) is 47.6 Å². The van der Waals surface area contributed by atoms with Crippen molar-refractivity contribution >= 4 is 11.6 Å². The van der Waals surface area contributed by atoms with Crippen molar-refractivity contribution in [3.05, 3.63) is 65.7 Å². The first-order chi connectivity index (χ1) is 11.2. The SMILES string of the molecule is O=C(NCCc1ccccc1)[C@@H]1CC(c2ccccc2O)=NO1. The molecule has 0 bridgehead atoms. The van der Waals surface area contributed by atoms with Gasteiger partial charge in [-0.25, -0.2) is 0 Å². The van der Waals surface area contributed by atoms with Crippen LogP contribution in [0, 0.1) is 0 Å². The third-order valence-electron chi connectivity index (χ3n) is 3.73. The van der Waals surface area contributed by atoms with Crippen LogP contribution in [0.1, 0.15) is 17.5 Å². The molecule has 0 saturated heterocycles. The van der Waals surface area contributed by atoms with E-state index in [1.54, 1.807) is 18.2 Å². The molecule has 0 fully saturated rings. The summed E-state index contributed by atoms with van der Waals surface area (Å²) >= 11 is 0. The zero-order valence-corrected chi connectivity index (χ0v) is 12.6. The molecule has 0 aromatic heterocycles. The maximum absolute atomic E-state index is 12.1. The molecule has 0 spiro atoms. The van der Waals surface area contributed by atoms with Crippen molar-refractivity contribution in [1.82, 2.24) is 5.32 Å². The summed E-state index contributed by atoms with van der Waals surface area (Å²) in [6.45, 7) is 0.550. The van der Waals surface area contributed by atoms with Gasteiger partial charge in [0.25, 0.3) is 5.91 Å². The fraction of sp³-hybridized carbons (Fsp3) is 0.222. The summed E-state index contributed by atoms with van der Waals surface area (Å²) in [6.07, 6.45) is 0.488.